The van der Waals surface area contributed by atoms with Crippen molar-refractivity contribution in [2.24, 2.45) is 13.0 Å². The Morgan fingerprint density at radius 3 is 2.65 bits per heavy atom. The number of anilines is 1. The second kappa shape index (κ2) is 9.26. The lowest BCUT2D eigenvalue weighted by Gasteiger charge is -2.27. The number of oxazole rings is 1. The van der Waals surface area contributed by atoms with Crippen LogP contribution in [0.2, 0.25) is 0 Å². The molecule has 0 aliphatic carbocycles. The molecule has 2 aliphatic rings. The van der Waals surface area contributed by atoms with Gasteiger partial charge in [0.1, 0.15) is 0 Å². The molecule has 2 fully saturated rings. The van der Waals surface area contributed by atoms with Crippen LogP contribution in [0.3, 0.4) is 0 Å². The van der Waals surface area contributed by atoms with E-state index in [1.165, 1.54) is 18.5 Å². The monoisotopic (exact) mass is 492 g/mol. The third kappa shape index (κ3) is 4.55. The number of likely N-dealkylation sites (tertiary alicyclic amines) is 1. The molecule has 5 rings (SSSR count). The Hall–Kier alpha value is -2.53. The van der Waals surface area contributed by atoms with Crippen LogP contribution in [0.1, 0.15) is 24.1 Å². The Bertz CT molecular complexity index is 1130. The molecule has 4 heterocycles. The fourth-order valence-corrected chi connectivity index (χ4v) is 5.84. The number of hydrogen-bond acceptors (Lipinski definition) is 7. The number of thioether (sulfide) groups is 1. The SMILES string of the molecule is Cc1ncoc1-c1nnc(SCCCN2C[C@@H]3CCN(c4ccc(C(F)(F)F)cc4)[C@@H]3C2)n1C. The van der Waals surface area contributed by atoms with Crippen LogP contribution in [0.15, 0.2) is 40.2 Å². The molecule has 182 valence electrons. The second-order valence-corrected chi connectivity index (χ2v) is 10.0. The van der Waals surface area contributed by atoms with Crippen molar-refractivity contribution in [1.29, 1.82) is 0 Å². The van der Waals surface area contributed by atoms with Crippen molar-refractivity contribution in [3.8, 4) is 11.6 Å². The van der Waals surface area contributed by atoms with Crippen molar-refractivity contribution >= 4 is 17.4 Å². The van der Waals surface area contributed by atoms with Crippen molar-refractivity contribution in [1.82, 2.24) is 24.6 Å². The number of benzene rings is 1. The first-order valence-electron chi connectivity index (χ1n) is 11.4. The van der Waals surface area contributed by atoms with Crippen molar-refractivity contribution in [3.05, 3.63) is 41.9 Å². The summed E-state index contributed by atoms with van der Waals surface area (Å²) in [7, 11) is 1.93. The quantitative estimate of drug-likeness (QED) is 0.356. The largest absolute Gasteiger partial charge is 0.440 e. The maximum Gasteiger partial charge on any atom is 0.416 e. The Kier molecular flexibility index (Phi) is 6.32. The van der Waals surface area contributed by atoms with Gasteiger partial charge in [-0.1, -0.05) is 11.8 Å². The summed E-state index contributed by atoms with van der Waals surface area (Å²) in [6.45, 7) is 5.78. The summed E-state index contributed by atoms with van der Waals surface area (Å²) in [5, 5.41) is 9.39. The Morgan fingerprint density at radius 2 is 1.94 bits per heavy atom. The molecule has 0 saturated carbocycles. The van der Waals surface area contributed by atoms with E-state index in [0.29, 0.717) is 23.5 Å². The number of nitrogens with zero attached hydrogens (tertiary/aromatic N) is 6. The van der Waals surface area contributed by atoms with Crippen LogP contribution in [0, 0.1) is 12.8 Å². The molecule has 2 atom stereocenters. The van der Waals surface area contributed by atoms with Gasteiger partial charge >= 0.3 is 6.18 Å². The van der Waals surface area contributed by atoms with Gasteiger partial charge in [-0.15, -0.1) is 10.2 Å². The summed E-state index contributed by atoms with van der Waals surface area (Å²) in [6, 6.07) is 5.97. The smallest absolute Gasteiger partial charge is 0.416 e. The van der Waals surface area contributed by atoms with Crippen LogP contribution in [0.5, 0.6) is 0 Å². The van der Waals surface area contributed by atoms with E-state index in [-0.39, 0.29) is 0 Å². The highest BCUT2D eigenvalue weighted by atomic mass is 32.2. The van der Waals surface area contributed by atoms with E-state index in [2.05, 4.69) is 25.0 Å². The minimum atomic E-state index is -4.30. The van der Waals surface area contributed by atoms with Crippen LogP contribution < -0.4 is 4.90 Å². The lowest BCUT2D eigenvalue weighted by Crippen LogP contribution is -2.35. The van der Waals surface area contributed by atoms with E-state index >= 15 is 0 Å². The fourth-order valence-electron chi connectivity index (χ4n) is 5.00. The first-order chi connectivity index (χ1) is 16.3. The fraction of sp³-hybridized carbons (Fsp3) is 0.522. The highest BCUT2D eigenvalue weighted by Gasteiger charge is 2.41. The summed E-state index contributed by atoms with van der Waals surface area (Å²) in [5.74, 6) is 2.81. The lowest BCUT2D eigenvalue weighted by atomic mass is 10.0. The summed E-state index contributed by atoms with van der Waals surface area (Å²) in [4.78, 5) is 8.88. The van der Waals surface area contributed by atoms with Crippen LogP contribution in [-0.2, 0) is 13.2 Å². The van der Waals surface area contributed by atoms with Crippen molar-refractivity contribution in [3.63, 3.8) is 0 Å². The molecule has 34 heavy (non-hydrogen) atoms. The summed E-state index contributed by atoms with van der Waals surface area (Å²) >= 11 is 1.67. The minimum absolute atomic E-state index is 0.371. The molecule has 0 N–H and O–H groups in total. The molecular weight excluding hydrogens is 465 g/mol. The third-order valence-electron chi connectivity index (χ3n) is 6.78. The van der Waals surface area contributed by atoms with Crippen molar-refractivity contribution < 1.29 is 17.6 Å². The summed E-state index contributed by atoms with van der Waals surface area (Å²) in [5.41, 5.74) is 1.08. The first-order valence-corrected chi connectivity index (χ1v) is 12.4. The highest BCUT2D eigenvalue weighted by molar-refractivity contribution is 7.99. The van der Waals surface area contributed by atoms with Gasteiger partial charge in [0, 0.05) is 44.2 Å². The molecule has 11 heteroatoms. The van der Waals surface area contributed by atoms with E-state index in [1.54, 1.807) is 23.9 Å². The Morgan fingerprint density at radius 1 is 1.15 bits per heavy atom. The molecule has 0 radical (unpaired) electrons. The predicted octanol–water partition coefficient (Wildman–Crippen LogP) is 4.49. The van der Waals surface area contributed by atoms with Crippen molar-refractivity contribution in [2.75, 3.05) is 36.8 Å². The van der Waals surface area contributed by atoms with Crippen molar-refractivity contribution in [2.45, 2.75) is 37.1 Å². The number of aromatic nitrogens is 4. The lowest BCUT2D eigenvalue weighted by molar-refractivity contribution is -0.137. The van der Waals surface area contributed by atoms with Crippen LogP contribution >= 0.6 is 11.8 Å². The number of rotatable bonds is 7. The molecule has 1 aromatic carbocycles. The minimum Gasteiger partial charge on any atom is -0.440 e. The molecule has 3 aromatic rings. The molecule has 7 nitrogen and oxygen atoms in total. The number of aryl methyl sites for hydroxylation is 1. The zero-order valence-corrected chi connectivity index (χ0v) is 19.9. The van der Waals surface area contributed by atoms with Gasteiger partial charge in [0.2, 0.25) is 5.82 Å². The van der Waals surface area contributed by atoms with E-state index in [1.807, 2.05) is 18.5 Å². The molecular formula is C23H27F3N6OS. The molecule has 0 spiro atoms. The third-order valence-corrected chi connectivity index (χ3v) is 7.89. The normalized spacial score (nSPS) is 20.9. The summed E-state index contributed by atoms with van der Waals surface area (Å²) < 4.78 is 46.0. The average Bonchev–Trinajstić information content (AvgIpc) is 3.56. The van der Waals surface area contributed by atoms with Gasteiger partial charge < -0.3 is 18.8 Å². The zero-order valence-electron chi connectivity index (χ0n) is 19.1. The molecule has 0 amide bonds. The van der Waals surface area contributed by atoms with Crippen LogP contribution in [0.25, 0.3) is 11.6 Å². The van der Waals surface area contributed by atoms with Gasteiger partial charge in [0.15, 0.2) is 17.3 Å². The van der Waals surface area contributed by atoms with Gasteiger partial charge in [-0.3, -0.25) is 0 Å². The first kappa shape index (κ1) is 23.2. The maximum absolute atomic E-state index is 12.9. The number of fused-ring (bicyclic) bond motifs is 1. The molecule has 2 aromatic heterocycles. The Balaban J connectivity index is 1.11. The summed E-state index contributed by atoms with van der Waals surface area (Å²) in [6.07, 6.45) is -0.778. The topological polar surface area (TPSA) is 63.2 Å². The van der Waals surface area contributed by atoms with Gasteiger partial charge in [0.05, 0.1) is 11.3 Å². The van der Waals surface area contributed by atoms with E-state index < -0.39 is 11.7 Å². The van der Waals surface area contributed by atoms with E-state index in [0.717, 1.165) is 61.3 Å². The van der Waals surface area contributed by atoms with Gasteiger partial charge in [-0.25, -0.2) is 4.98 Å². The van der Waals surface area contributed by atoms with Gasteiger partial charge in [0.25, 0.3) is 0 Å². The van der Waals surface area contributed by atoms with Crippen LogP contribution in [-0.4, -0.2) is 62.6 Å². The average molecular weight is 493 g/mol. The molecule has 0 unspecified atom stereocenters. The maximum atomic E-state index is 12.9. The second-order valence-electron chi connectivity index (χ2n) is 8.95. The van der Waals surface area contributed by atoms with E-state index in [9.17, 15) is 13.2 Å². The van der Waals surface area contributed by atoms with E-state index in [4.69, 9.17) is 4.42 Å². The van der Waals surface area contributed by atoms with Gasteiger partial charge in [-0.2, -0.15) is 13.2 Å². The number of hydrogen-bond donors (Lipinski definition) is 0. The van der Waals surface area contributed by atoms with Gasteiger partial charge in [-0.05, 0) is 56.5 Å². The highest BCUT2D eigenvalue weighted by Crippen LogP contribution is 2.37. The number of halogens is 3. The zero-order chi connectivity index (χ0) is 23.9. The molecule has 2 saturated heterocycles. The Labute approximate surface area is 200 Å². The number of alkyl halides is 3. The molecule has 0 bridgehead atoms. The molecule has 2 aliphatic heterocycles. The predicted molar refractivity (Wildman–Crippen MR) is 124 cm³/mol. The standard InChI is InChI=1S/C23H27F3N6OS/c1-15-20(33-14-27-15)21-28-29-22(30(21)2)34-11-3-9-31-12-16-8-10-32(19(16)13-31)18-6-4-17(5-7-18)23(24,25)26/h4-7,14,16,19H,3,8-13H2,1-2H3/t16-,19+/m0/s1. The van der Waals surface area contributed by atoms with Crippen LogP contribution in [0.4, 0.5) is 18.9 Å².